The summed E-state index contributed by atoms with van der Waals surface area (Å²) in [5.74, 6) is 2.02. The van der Waals surface area contributed by atoms with Gasteiger partial charge in [0.2, 0.25) is 17.6 Å². The molecule has 1 fully saturated rings. The first-order valence-corrected chi connectivity index (χ1v) is 10.5. The fourth-order valence-corrected chi connectivity index (χ4v) is 3.77. The summed E-state index contributed by atoms with van der Waals surface area (Å²) in [6.07, 6.45) is 9.58. The van der Waals surface area contributed by atoms with Crippen molar-refractivity contribution in [1.82, 2.24) is 15.0 Å². The molecule has 1 aliphatic rings. The first-order valence-electron chi connectivity index (χ1n) is 10.5. The molecule has 0 saturated carbocycles. The molecular formula is C22H31N3O3. The van der Waals surface area contributed by atoms with Gasteiger partial charge in [-0.05, 0) is 31.4 Å². The highest BCUT2D eigenvalue weighted by molar-refractivity contribution is 5.76. The zero-order valence-corrected chi connectivity index (χ0v) is 17.0. The van der Waals surface area contributed by atoms with Crippen LogP contribution in [0.25, 0.3) is 11.4 Å². The third-order valence-electron chi connectivity index (χ3n) is 5.37. The summed E-state index contributed by atoms with van der Waals surface area (Å²) < 4.78 is 10.8. The van der Waals surface area contributed by atoms with Crippen molar-refractivity contribution in [3.63, 3.8) is 0 Å². The van der Waals surface area contributed by atoms with Crippen LogP contribution in [0.1, 0.15) is 76.6 Å². The zero-order valence-electron chi connectivity index (χ0n) is 17.0. The molecule has 6 heteroatoms. The largest absolute Gasteiger partial charge is 0.497 e. The molecule has 0 N–H and O–H groups in total. The summed E-state index contributed by atoms with van der Waals surface area (Å²) in [7, 11) is 1.63. The van der Waals surface area contributed by atoms with Crippen molar-refractivity contribution in [1.29, 1.82) is 0 Å². The van der Waals surface area contributed by atoms with Gasteiger partial charge in [0.25, 0.3) is 0 Å². The maximum atomic E-state index is 12.7. The second-order valence-electron chi connectivity index (χ2n) is 7.45. The minimum Gasteiger partial charge on any atom is -0.497 e. The van der Waals surface area contributed by atoms with Crippen molar-refractivity contribution < 1.29 is 14.1 Å². The lowest BCUT2D eigenvalue weighted by molar-refractivity contribution is -0.132. The number of benzene rings is 1. The molecule has 1 unspecified atom stereocenters. The summed E-state index contributed by atoms with van der Waals surface area (Å²) in [4.78, 5) is 19.2. The highest BCUT2D eigenvalue weighted by atomic mass is 16.5. The van der Waals surface area contributed by atoms with Crippen LogP contribution in [-0.2, 0) is 4.79 Å². The van der Waals surface area contributed by atoms with Gasteiger partial charge in [-0.2, -0.15) is 4.98 Å². The highest BCUT2D eigenvalue weighted by Gasteiger charge is 2.33. The molecule has 0 radical (unpaired) electrons. The number of likely N-dealkylation sites (tertiary alicyclic amines) is 1. The van der Waals surface area contributed by atoms with Crippen LogP contribution >= 0.6 is 0 Å². The van der Waals surface area contributed by atoms with Crippen LogP contribution in [-0.4, -0.2) is 34.6 Å². The smallest absolute Gasteiger partial charge is 0.249 e. The van der Waals surface area contributed by atoms with Crippen molar-refractivity contribution in [2.45, 2.75) is 70.8 Å². The Hall–Kier alpha value is -2.37. The number of rotatable bonds is 10. The first-order chi connectivity index (χ1) is 13.7. The number of nitrogens with zero attached hydrogens (tertiary/aromatic N) is 3. The van der Waals surface area contributed by atoms with Crippen LogP contribution < -0.4 is 4.74 Å². The molecule has 3 rings (SSSR count). The van der Waals surface area contributed by atoms with Gasteiger partial charge in [-0.15, -0.1) is 0 Å². The quantitative estimate of drug-likeness (QED) is 0.528. The molecular weight excluding hydrogens is 354 g/mol. The van der Waals surface area contributed by atoms with Gasteiger partial charge in [0, 0.05) is 18.5 Å². The number of hydrogen-bond donors (Lipinski definition) is 0. The Bertz CT molecular complexity index is 759. The average molecular weight is 386 g/mol. The van der Waals surface area contributed by atoms with E-state index in [1.807, 2.05) is 29.2 Å². The van der Waals surface area contributed by atoms with Gasteiger partial charge in [-0.1, -0.05) is 56.3 Å². The lowest BCUT2D eigenvalue weighted by Crippen LogP contribution is -2.30. The van der Waals surface area contributed by atoms with Crippen LogP contribution in [0.4, 0.5) is 0 Å². The maximum absolute atomic E-state index is 12.7. The summed E-state index contributed by atoms with van der Waals surface area (Å²) in [6, 6.07) is 7.48. The van der Waals surface area contributed by atoms with E-state index in [4.69, 9.17) is 9.26 Å². The third-order valence-corrected chi connectivity index (χ3v) is 5.37. The number of unbranched alkanes of at least 4 members (excludes halogenated alkanes) is 5. The molecule has 2 aromatic rings. The standard InChI is InChI=1S/C22H31N3O3/c1-3-4-5-6-7-8-14-20(26)25-15-10-13-19(25)22-23-21(24-28-22)17-11-9-12-18(16-17)27-2/h9,11-12,16,19H,3-8,10,13-15H2,1-2H3. The molecule has 2 heterocycles. The average Bonchev–Trinajstić information content (AvgIpc) is 3.40. The minimum absolute atomic E-state index is 0.0977. The van der Waals surface area contributed by atoms with Crippen LogP contribution in [0.15, 0.2) is 28.8 Å². The molecule has 1 saturated heterocycles. The van der Waals surface area contributed by atoms with Gasteiger partial charge in [0.05, 0.1) is 7.11 Å². The number of methoxy groups -OCH3 is 1. The summed E-state index contributed by atoms with van der Waals surface area (Å²) >= 11 is 0. The molecule has 1 aromatic heterocycles. The van der Waals surface area contributed by atoms with E-state index in [0.717, 1.165) is 43.5 Å². The number of carbonyl (C=O) groups is 1. The van der Waals surface area contributed by atoms with Gasteiger partial charge >= 0.3 is 0 Å². The van der Waals surface area contributed by atoms with Crippen molar-refractivity contribution in [3.8, 4) is 17.1 Å². The maximum Gasteiger partial charge on any atom is 0.249 e. The zero-order chi connectivity index (χ0) is 19.8. The molecule has 152 valence electrons. The lowest BCUT2D eigenvalue weighted by Gasteiger charge is -2.21. The van der Waals surface area contributed by atoms with E-state index in [9.17, 15) is 4.79 Å². The summed E-state index contributed by atoms with van der Waals surface area (Å²) in [5.41, 5.74) is 0.845. The SMILES string of the molecule is CCCCCCCCC(=O)N1CCCC1c1nc(-c2cccc(OC)c2)no1. The number of hydrogen-bond acceptors (Lipinski definition) is 5. The molecule has 1 aliphatic heterocycles. The first kappa shape index (κ1) is 20.4. The van der Waals surface area contributed by atoms with E-state index in [-0.39, 0.29) is 11.9 Å². The second kappa shape index (κ2) is 10.2. The van der Waals surface area contributed by atoms with Crippen LogP contribution in [0.2, 0.25) is 0 Å². The molecule has 1 atom stereocenters. The Morgan fingerprint density at radius 1 is 1.25 bits per heavy atom. The number of carbonyl (C=O) groups excluding carboxylic acids is 1. The van der Waals surface area contributed by atoms with E-state index < -0.39 is 0 Å². The van der Waals surface area contributed by atoms with Gasteiger partial charge in [-0.3, -0.25) is 4.79 Å². The highest BCUT2D eigenvalue weighted by Crippen LogP contribution is 2.33. The minimum atomic E-state index is -0.0977. The molecule has 0 bridgehead atoms. The van der Waals surface area contributed by atoms with Crippen LogP contribution in [0.5, 0.6) is 5.75 Å². The van der Waals surface area contributed by atoms with Gasteiger partial charge in [0.1, 0.15) is 11.8 Å². The van der Waals surface area contributed by atoms with Gasteiger partial charge in [0.15, 0.2) is 0 Å². The van der Waals surface area contributed by atoms with E-state index in [1.54, 1.807) is 7.11 Å². The molecule has 28 heavy (non-hydrogen) atoms. The predicted molar refractivity (Wildman–Crippen MR) is 108 cm³/mol. The van der Waals surface area contributed by atoms with E-state index in [0.29, 0.717) is 18.1 Å². The van der Waals surface area contributed by atoms with Gasteiger partial charge in [-0.25, -0.2) is 0 Å². The topological polar surface area (TPSA) is 68.5 Å². The Labute approximate surface area is 167 Å². The number of amides is 1. The van der Waals surface area contributed by atoms with Crippen molar-refractivity contribution in [2.75, 3.05) is 13.7 Å². The van der Waals surface area contributed by atoms with E-state index in [2.05, 4.69) is 17.1 Å². The van der Waals surface area contributed by atoms with Gasteiger partial charge < -0.3 is 14.2 Å². The fourth-order valence-electron chi connectivity index (χ4n) is 3.77. The monoisotopic (exact) mass is 385 g/mol. The Kier molecular flexibility index (Phi) is 7.46. The Morgan fingerprint density at radius 2 is 2.07 bits per heavy atom. The lowest BCUT2D eigenvalue weighted by atomic mass is 10.1. The Balaban J connectivity index is 1.58. The number of ether oxygens (including phenoxy) is 1. The molecule has 0 spiro atoms. The number of aromatic nitrogens is 2. The third kappa shape index (κ3) is 5.12. The fraction of sp³-hybridized carbons (Fsp3) is 0.591. The molecule has 0 aliphatic carbocycles. The van der Waals surface area contributed by atoms with Crippen molar-refractivity contribution in [2.24, 2.45) is 0 Å². The van der Waals surface area contributed by atoms with Crippen LogP contribution in [0.3, 0.4) is 0 Å². The molecule has 6 nitrogen and oxygen atoms in total. The van der Waals surface area contributed by atoms with Crippen molar-refractivity contribution >= 4 is 5.91 Å². The normalized spacial score (nSPS) is 16.5. The predicted octanol–water partition coefficient (Wildman–Crippen LogP) is 5.16. The van der Waals surface area contributed by atoms with Crippen molar-refractivity contribution in [3.05, 3.63) is 30.2 Å². The van der Waals surface area contributed by atoms with Crippen LogP contribution in [0, 0.1) is 0 Å². The summed E-state index contributed by atoms with van der Waals surface area (Å²) in [5, 5.41) is 4.12. The van der Waals surface area contributed by atoms with E-state index in [1.165, 1.54) is 25.7 Å². The molecule has 1 amide bonds. The van der Waals surface area contributed by atoms with E-state index >= 15 is 0 Å². The summed E-state index contributed by atoms with van der Waals surface area (Å²) in [6.45, 7) is 2.99. The second-order valence-corrected chi connectivity index (χ2v) is 7.45. The molecule has 1 aromatic carbocycles. The Morgan fingerprint density at radius 3 is 2.89 bits per heavy atom.